The summed E-state index contributed by atoms with van der Waals surface area (Å²) < 4.78 is 30.2. The molecule has 13 heavy (non-hydrogen) atoms. The van der Waals surface area contributed by atoms with Crippen LogP contribution in [0.15, 0.2) is 0 Å². The lowest BCUT2D eigenvalue weighted by atomic mass is 9.86. The molecule has 1 saturated heterocycles. The van der Waals surface area contributed by atoms with Crippen LogP contribution in [0.3, 0.4) is 0 Å². The molecule has 1 aliphatic rings. The van der Waals surface area contributed by atoms with E-state index in [1.54, 1.807) is 0 Å². The Morgan fingerprint density at radius 3 is 2.54 bits per heavy atom. The van der Waals surface area contributed by atoms with Gasteiger partial charge in [0.05, 0.1) is 6.10 Å². The summed E-state index contributed by atoms with van der Waals surface area (Å²) in [5.41, 5.74) is -1.83. The minimum atomic E-state index is -2.67. The predicted octanol–water partition coefficient (Wildman–Crippen LogP) is 1.82. The van der Waals surface area contributed by atoms with Crippen LogP contribution in [0.1, 0.15) is 26.7 Å². The molecule has 1 N–H and O–H groups in total. The number of halogens is 2. The van der Waals surface area contributed by atoms with E-state index in [1.807, 2.05) is 13.8 Å². The summed E-state index contributed by atoms with van der Waals surface area (Å²) in [5, 5.41) is 9.54. The second-order valence-electron chi connectivity index (χ2n) is 4.01. The van der Waals surface area contributed by atoms with Gasteiger partial charge in [0.2, 0.25) is 0 Å². The quantitative estimate of drug-likeness (QED) is 0.726. The summed E-state index contributed by atoms with van der Waals surface area (Å²) in [4.78, 5) is 0. The van der Waals surface area contributed by atoms with Crippen LogP contribution in [0.5, 0.6) is 0 Å². The van der Waals surface area contributed by atoms with Crippen molar-refractivity contribution in [3.63, 3.8) is 0 Å². The first kappa shape index (κ1) is 10.9. The standard InChI is InChI=1S/C9H16F2O2/c1-6(2)7-5-9(12,8(10)11)3-4-13-7/h6-8,12H,3-5H2,1-2H3. The molecule has 1 fully saturated rings. The van der Waals surface area contributed by atoms with Crippen molar-refractivity contribution in [3.05, 3.63) is 0 Å². The van der Waals surface area contributed by atoms with Gasteiger partial charge in [0.1, 0.15) is 5.60 Å². The highest BCUT2D eigenvalue weighted by Crippen LogP contribution is 2.32. The van der Waals surface area contributed by atoms with Gasteiger partial charge in [-0.1, -0.05) is 13.8 Å². The van der Waals surface area contributed by atoms with E-state index in [0.717, 1.165) is 0 Å². The molecule has 1 aliphatic heterocycles. The van der Waals surface area contributed by atoms with Crippen LogP contribution >= 0.6 is 0 Å². The van der Waals surface area contributed by atoms with Crippen LogP contribution in [0.25, 0.3) is 0 Å². The Morgan fingerprint density at radius 1 is 1.46 bits per heavy atom. The lowest BCUT2D eigenvalue weighted by molar-refractivity contribution is -0.176. The van der Waals surface area contributed by atoms with E-state index in [1.165, 1.54) is 0 Å². The fourth-order valence-electron chi connectivity index (χ4n) is 1.52. The predicted molar refractivity (Wildman–Crippen MR) is 44.8 cm³/mol. The molecule has 0 amide bonds. The number of hydrogen-bond donors (Lipinski definition) is 1. The number of aliphatic hydroxyl groups is 1. The van der Waals surface area contributed by atoms with E-state index >= 15 is 0 Å². The van der Waals surface area contributed by atoms with E-state index in [-0.39, 0.29) is 31.5 Å². The van der Waals surface area contributed by atoms with E-state index in [4.69, 9.17) is 4.74 Å². The average molecular weight is 194 g/mol. The summed E-state index contributed by atoms with van der Waals surface area (Å²) in [6, 6.07) is 0. The van der Waals surface area contributed by atoms with Gasteiger partial charge in [-0.05, 0) is 5.92 Å². The third-order valence-corrected chi connectivity index (χ3v) is 2.57. The minimum Gasteiger partial charge on any atom is -0.384 e. The Labute approximate surface area is 76.9 Å². The first-order valence-electron chi connectivity index (χ1n) is 4.58. The molecule has 0 saturated carbocycles. The van der Waals surface area contributed by atoms with Gasteiger partial charge in [0, 0.05) is 19.4 Å². The first-order chi connectivity index (χ1) is 5.96. The van der Waals surface area contributed by atoms with Crippen LogP contribution in [0, 0.1) is 5.92 Å². The number of hydrogen-bond acceptors (Lipinski definition) is 2. The Morgan fingerprint density at radius 2 is 2.08 bits per heavy atom. The molecule has 0 aliphatic carbocycles. The van der Waals surface area contributed by atoms with Crippen molar-refractivity contribution in [2.24, 2.45) is 5.92 Å². The monoisotopic (exact) mass is 194 g/mol. The number of rotatable bonds is 2. The zero-order valence-electron chi connectivity index (χ0n) is 7.96. The zero-order chi connectivity index (χ0) is 10.1. The molecule has 1 rings (SSSR count). The lowest BCUT2D eigenvalue weighted by Crippen LogP contribution is -2.47. The molecule has 2 unspecified atom stereocenters. The number of alkyl halides is 2. The Bertz CT molecular complexity index is 173. The summed E-state index contributed by atoms with van der Waals surface area (Å²) in [7, 11) is 0. The molecule has 0 aromatic carbocycles. The first-order valence-corrected chi connectivity index (χ1v) is 4.58. The SMILES string of the molecule is CC(C)C1CC(O)(C(F)F)CCO1. The minimum absolute atomic E-state index is 0.0356. The second kappa shape index (κ2) is 3.88. The van der Waals surface area contributed by atoms with Crippen LogP contribution in [0.4, 0.5) is 8.78 Å². The summed E-state index contributed by atoms with van der Waals surface area (Å²) in [5.74, 6) is 0.172. The van der Waals surface area contributed by atoms with Crippen molar-refractivity contribution in [2.75, 3.05) is 6.61 Å². The van der Waals surface area contributed by atoms with Gasteiger partial charge in [-0.3, -0.25) is 0 Å². The molecule has 1 heterocycles. The van der Waals surface area contributed by atoms with Crippen molar-refractivity contribution in [1.29, 1.82) is 0 Å². The van der Waals surface area contributed by atoms with Crippen molar-refractivity contribution < 1.29 is 18.6 Å². The van der Waals surface area contributed by atoms with Crippen LogP contribution < -0.4 is 0 Å². The van der Waals surface area contributed by atoms with Gasteiger partial charge >= 0.3 is 0 Å². The Kier molecular flexibility index (Phi) is 3.24. The topological polar surface area (TPSA) is 29.5 Å². The highest BCUT2D eigenvalue weighted by Gasteiger charge is 2.43. The highest BCUT2D eigenvalue weighted by atomic mass is 19.3. The molecular weight excluding hydrogens is 178 g/mol. The van der Waals surface area contributed by atoms with Gasteiger partial charge in [-0.15, -0.1) is 0 Å². The Hall–Kier alpha value is -0.220. The van der Waals surface area contributed by atoms with Gasteiger partial charge in [0.25, 0.3) is 6.43 Å². The molecule has 0 spiro atoms. The Balaban J connectivity index is 2.60. The number of ether oxygens (including phenoxy) is 1. The summed E-state index contributed by atoms with van der Waals surface area (Å²) in [6.45, 7) is 4.04. The second-order valence-corrected chi connectivity index (χ2v) is 4.01. The third kappa shape index (κ3) is 2.38. The van der Waals surface area contributed by atoms with Crippen molar-refractivity contribution >= 4 is 0 Å². The van der Waals surface area contributed by atoms with E-state index in [2.05, 4.69) is 0 Å². The zero-order valence-corrected chi connectivity index (χ0v) is 7.96. The maximum Gasteiger partial charge on any atom is 0.266 e. The summed E-state index contributed by atoms with van der Waals surface area (Å²) >= 11 is 0. The van der Waals surface area contributed by atoms with E-state index in [0.29, 0.717) is 0 Å². The smallest absolute Gasteiger partial charge is 0.266 e. The van der Waals surface area contributed by atoms with Crippen LogP contribution in [0.2, 0.25) is 0 Å². The fraction of sp³-hybridized carbons (Fsp3) is 1.00. The highest BCUT2D eigenvalue weighted by molar-refractivity contribution is 4.88. The molecule has 2 atom stereocenters. The van der Waals surface area contributed by atoms with Crippen LogP contribution in [-0.4, -0.2) is 29.8 Å². The molecule has 0 aromatic rings. The van der Waals surface area contributed by atoms with Gasteiger partial charge in [0.15, 0.2) is 0 Å². The van der Waals surface area contributed by atoms with Gasteiger partial charge in [-0.25, -0.2) is 8.78 Å². The maximum absolute atomic E-state index is 12.4. The van der Waals surface area contributed by atoms with Crippen molar-refractivity contribution in [1.82, 2.24) is 0 Å². The fourth-order valence-corrected chi connectivity index (χ4v) is 1.52. The maximum atomic E-state index is 12.4. The van der Waals surface area contributed by atoms with Gasteiger partial charge < -0.3 is 9.84 Å². The van der Waals surface area contributed by atoms with Crippen LogP contribution in [-0.2, 0) is 4.74 Å². The van der Waals surface area contributed by atoms with E-state index < -0.39 is 12.0 Å². The molecule has 4 heteroatoms. The molecule has 2 nitrogen and oxygen atoms in total. The molecular formula is C9H16F2O2. The van der Waals surface area contributed by atoms with Crippen molar-refractivity contribution in [2.45, 2.75) is 44.8 Å². The van der Waals surface area contributed by atoms with Gasteiger partial charge in [-0.2, -0.15) is 0 Å². The average Bonchev–Trinajstić information content (AvgIpc) is 2.04. The molecule has 0 aromatic heterocycles. The lowest BCUT2D eigenvalue weighted by Gasteiger charge is -2.37. The molecule has 0 bridgehead atoms. The van der Waals surface area contributed by atoms with E-state index in [9.17, 15) is 13.9 Å². The molecule has 0 radical (unpaired) electrons. The molecule has 78 valence electrons. The largest absolute Gasteiger partial charge is 0.384 e. The normalized spacial score (nSPS) is 35.8. The van der Waals surface area contributed by atoms with Crippen molar-refractivity contribution in [3.8, 4) is 0 Å². The third-order valence-electron chi connectivity index (χ3n) is 2.57. The summed E-state index contributed by atoms with van der Waals surface area (Å²) in [6.07, 6.45) is -2.83.